The average molecular weight is 307 g/mol. The Morgan fingerprint density at radius 2 is 2.05 bits per heavy atom. The normalized spacial score (nSPS) is 23.4. The zero-order valence-electron chi connectivity index (χ0n) is 12.0. The highest BCUT2D eigenvalue weighted by Crippen LogP contribution is 2.31. The minimum absolute atomic E-state index is 0.170. The third-order valence-corrected chi connectivity index (χ3v) is 4.20. The van der Waals surface area contributed by atoms with Crippen LogP contribution in [-0.2, 0) is 0 Å². The topological polar surface area (TPSA) is 68.2 Å². The first-order chi connectivity index (χ1) is 10.2. The smallest absolute Gasteiger partial charge is 0.247 e. The molecule has 1 aromatic heterocycles. The third-order valence-electron chi connectivity index (χ3n) is 3.94. The summed E-state index contributed by atoms with van der Waals surface area (Å²) < 4.78 is 5.87. The number of hydrogen-bond donors (Lipinski definition) is 1. The van der Waals surface area contributed by atoms with Gasteiger partial charge in [0.1, 0.15) is 0 Å². The van der Waals surface area contributed by atoms with E-state index in [1.54, 1.807) is 0 Å². The Hall–Kier alpha value is -1.43. The van der Waals surface area contributed by atoms with Crippen LogP contribution in [0.2, 0.25) is 5.02 Å². The van der Waals surface area contributed by atoms with Crippen LogP contribution in [0.15, 0.2) is 28.7 Å². The Morgan fingerprint density at radius 1 is 1.29 bits per heavy atom. The van der Waals surface area contributed by atoms with E-state index in [4.69, 9.17) is 21.8 Å². The van der Waals surface area contributed by atoms with Gasteiger partial charge in [0.05, 0.1) is 6.04 Å². The van der Waals surface area contributed by atoms with Crippen molar-refractivity contribution in [1.29, 1.82) is 0 Å². The van der Waals surface area contributed by atoms with Crippen molar-refractivity contribution in [2.24, 2.45) is 5.73 Å². The van der Waals surface area contributed by atoms with E-state index in [0.29, 0.717) is 16.8 Å². The summed E-state index contributed by atoms with van der Waals surface area (Å²) in [5.74, 6) is 1.21. The van der Waals surface area contributed by atoms with Crippen molar-refractivity contribution in [1.82, 2.24) is 15.1 Å². The molecule has 2 atom stereocenters. The van der Waals surface area contributed by atoms with Crippen LogP contribution in [0.25, 0.3) is 11.5 Å². The zero-order valence-corrected chi connectivity index (χ0v) is 12.8. The van der Waals surface area contributed by atoms with Gasteiger partial charge in [-0.05, 0) is 43.7 Å². The van der Waals surface area contributed by atoms with Crippen molar-refractivity contribution >= 4 is 11.6 Å². The highest BCUT2D eigenvalue weighted by Gasteiger charge is 2.30. The fourth-order valence-electron chi connectivity index (χ4n) is 2.78. The van der Waals surface area contributed by atoms with Gasteiger partial charge < -0.3 is 10.2 Å². The van der Waals surface area contributed by atoms with Gasteiger partial charge in [0.25, 0.3) is 0 Å². The van der Waals surface area contributed by atoms with Gasteiger partial charge in [0, 0.05) is 23.2 Å². The van der Waals surface area contributed by atoms with Crippen molar-refractivity contribution in [3.63, 3.8) is 0 Å². The van der Waals surface area contributed by atoms with Crippen LogP contribution in [0.4, 0.5) is 0 Å². The maximum Gasteiger partial charge on any atom is 0.247 e. The lowest BCUT2D eigenvalue weighted by atomic mass is 9.99. The van der Waals surface area contributed by atoms with E-state index in [0.717, 1.165) is 31.5 Å². The van der Waals surface area contributed by atoms with Gasteiger partial charge in [-0.25, -0.2) is 0 Å². The van der Waals surface area contributed by atoms with Crippen molar-refractivity contribution in [3.8, 4) is 11.5 Å². The summed E-state index contributed by atoms with van der Waals surface area (Å²) in [6.45, 7) is 3.93. The lowest BCUT2D eigenvalue weighted by Gasteiger charge is -2.35. The molecule has 1 fully saturated rings. The van der Waals surface area contributed by atoms with Crippen molar-refractivity contribution in [3.05, 3.63) is 35.2 Å². The molecule has 0 aliphatic carbocycles. The monoisotopic (exact) mass is 306 g/mol. The zero-order chi connectivity index (χ0) is 14.8. The summed E-state index contributed by atoms with van der Waals surface area (Å²) in [7, 11) is 0. The highest BCUT2D eigenvalue weighted by atomic mass is 35.5. The van der Waals surface area contributed by atoms with E-state index >= 15 is 0 Å². The quantitative estimate of drug-likeness (QED) is 0.944. The second kappa shape index (κ2) is 6.13. The number of nitrogens with two attached hydrogens (primary N) is 1. The SMILES string of the molecule is CCN1C[C@H](N)CC[C@H]1c1nnc(-c2ccc(Cl)cc2)o1. The molecule has 1 aromatic carbocycles. The molecule has 1 aliphatic rings. The molecule has 0 saturated carbocycles. The summed E-state index contributed by atoms with van der Waals surface area (Å²) >= 11 is 5.89. The van der Waals surface area contributed by atoms with E-state index < -0.39 is 0 Å². The summed E-state index contributed by atoms with van der Waals surface area (Å²) in [4.78, 5) is 2.30. The molecule has 3 rings (SSSR count). The molecule has 112 valence electrons. The molecule has 1 aliphatic heterocycles. The van der Waals surface area contributed by atoms with Crippen LogP contribution in [0.5, 0.6) is 0 Å². The maximum absolute atomic E-state index is 6.03. The summed E-state index contributed by atoms with van der Waals surface area (Å²) in [6.07, 6.45) is 1.94. The molecule has 0 amide bonds. The lowest BCUT2D eigenvalue weighted by Crippen LogP contribution is -2.44. The molecule has 6 heteroatoms. The largest absolute Gasteiger partial charge is 0.419 e. The molecule has 5 nitrogen and oxygen atoms in total. The number of nitrogens with zero attached hydrogens (tertiary/aromatic N) is 3. The third kappa shape index (κ3) is 3.10. The van der Waals surface area contributed by atoms with Crippen molar-refractivity contribution in [2.45, 2.75) is 31.8 Å². The number of halogens is 1. The van der Waals surface area contributed by atoms with Crippen LogP contribution in [0, 0.1) is 0 Å². The minimum Gasteiger partial charge on any atom is -0.419 e. The number of benzene rings is 1. The number of aromatic nitrogens is 2. The Morgan fingerprint density at radius 3 is 2.76 bits per heavy atom. The molecule has 2 heterocycles. The first-order valence-electron chi connectivity index (χ1n) is 7.26. The van der Waals surface area contributed by atoms with Crippen LogP contribution >= 0.6 is 11.6 Å². The van der Waals surface area contributed by atoms with E-state index in [1.165, 1.54) is 0 Å². The number of hydrogen-bond acceptors (Lipinski definition) is 5. The second-order valence-corrected chi connectivity index (χ2v) is 5.83. The second-order valence-electron chi connectivity index (χ2n) is 5.39. The standard InChI is InChI=1S/C15H19ClN4O/c1-2-20-9-12(17)7-8-13(20)15-19-18-14(21-15)10-3-5-11(16)6-4-10/h3-6,12-13H,2,7-9,17H2,1H3/t12-,13+/m1/s1. The van der Waals surface area contributed by atoms with Crippen LogP contribution in [0.1, 0.15) is 31.7 Å². The Balaban J connectivity index is 1.82. The summed E-state index contributed by atoms with van der Waals surface area (Å²) in [5, 5.41) is 9.08. The number of likely N-dealkylation sites (tertiary alicyclic amines) is 1. The van der Waals surface area contributed by atoms with Gasteiger partial charge in [0.2, 0.25) is 11.8 Å². The highest BCUT2D eigenvalue weighted by molar-refractivity contribution is 6.30. The van der Waals surface area contributed by atoms with E-state index in [2.05, 4.69) is 22.0 Å². The number of rotatable bonds is 3. The lowest BCUT2D eigenvalue weighted by molar-refractivity contribution is 0.120. The molecular weight excluding hydrogens is 288 g/mol. The Labute approximate surface area is 129 Å². The Bertz CT molecular complexity index is 598. The van der Waals surface area contributed by atoms with E-state index in [9.17, 15) is 0 Å². The van der Waals surface area contributed by atoms with Gasteiger partial charge >= 0.3 is 0 Å². The Kier molecular flexibility index (Phi) is 4.24. The molecular formula is C15H19ClN4O. The maximum atomic E-state index is 6.03. The van der Waals surface area contributed by atoms with Gasteiger partial charge in [0.15, 0.2) is 0 Å². The fraction of sp³-hybridized carbons (Fsp3) is 0.467. The van der Waals surface area contributed by atoms with Gasteiger partial charge in [-0.1, -0.05) is 18.5 Å². The first-order valence-corrected chi connectivity index (χ1v) is 7.64. The van der Waals surface area contributed by atoms with E-state index in [-0.39, 0.29) is 12.1 Å². The number of likely N-dealkylation sites (N-methyl/N-ethyl adjacent to an activating group) is 1. The van der Waals surface area contributed by atoms with Crippen LogP contribution < -0.4 is 5.73 Å². The molecule has 2 N–H and O–H groups in total. The minimum atomic E-state index is 0.170. The fourth-order valence-corrected chi connectivity index (χ4v) is 2.91. The first kappa shape index (κ1) is 14.5. The van der Waals surface area contributed by atoms with Crippen molar-refractivity contribution in [2.75, 3.05) is 13.1 Å². The predicted molar refractivity (Wildman–Crippen MR) is 81.9 cm³/mol. The summed E-state index contributed by atoms with van der Waals surface area (Å²) in [5.41, 5.74) is 6.91. The number of piperidine rings is 1. The molecule has 0 unspecified atom stereocenters. The molecule has 0 radical (unpaired) electrons. The van der Waals surface area contributed by atoms with Gasteiger partial charge in [-0.3, -0.25) is 4.90 Å². The summed E-state index contributed by atoms with van der Waals surface area (Å²) in [6, 6.07) is 7.81. The average Bonchev–Trinajstić information content (AvgIpc) is 2.97. The van der Waals surface area contributed by atoms with E-state index in [1.807, 2.05) is 24.3 Å². The van der Waals surface area contributed by atoms with Crippen LogP contribution in [-0.4, -0.2) is 34.2 Å². The van der Waals surface area contributed by atoms with Gasteiger partial charge in [-0.15, -0.1) is 10.2 Å². The molecule has 21 heavy (non-hydrogen) atoms. The molecule has 0 bridgehead atoms. The molecule has 2 aromatic rings. The molecule has 0 spiro atoms. The van der Waals surface area contributed by atoms with Crippen molar-refractivity contribution < 1.29 is 4.42 Å². The van der Waals surface area contributed by atoms with Crippen LogP contribution in [0.3, 0.4) is 0 Å². The predicted octanol–water partition coefficient (Wildman–Crippen LogP) is 2.87. The van der Waals surface area contributed by atoms with Gasteiger partial charge in [-0.2, -0.15) is 0 Å². The molecule has 1 saturated heterocycles.